The van der Waals surface area contributed by atoms with Gasteiger partial charge in [-0.3, -0.25) is 9.59 Å². The van der Waals surface area contributed by atoms with Crippen LogP contribution in [-0.4, -0.2) is 61.4 Å². The number of nitrogens with zero attached hydrogens (tertiary/aromatic N) is 3. The van der Waals surface area contributed by atoms with Crippen molar-refractivity contribution in [1.29, 1.82) is 0 Å². The third kappa shape index (κ3) is 4.64. The zero-order valence-electron chi connectivity index (χ0n) is 16.3. The van der Waals surface area contributed by atoms with E-state index in [9.17, 15) is 9.59 Å². The second kappa shape index (κ2) is 8.21. The van der Waals surface area contributed by atoms with Crippen LogP contribution in [0.2, 0.25) is 0 Å². The van der Waals surface area contributed by atoms with E-state index in [1.807, 2.05) is 30.9 Å². The summed E-state index contributed by atoms with van der Waals surface area (Å²) in [4.78, 5) is 31.1. The minimum Gasteiger partial charge on any atom is -0.332 e. The lowest BCUT2D eigenvalue weighted by Crippen LogP contribution is -2.52. The van der Waals surface area contributed by atoms with Crippen LogP contribution in [0.1, 0.15) is 36.8 Å². The summed E-state index contributed by atoms with van der Waals surface area (Å²) in [7, 11) is 2.15. The summed E-state index contributed by atoms with van der Waals surface area (Å²) in [5, 5.41) is 0. The molecule has 0 unspecified atom stereocenters. The lowest BCUT2D eigenvalue weighted by Gasteiger charge is -2.35. The molecule has 2 saturated heterocycles. The number of anilines is 1. The fourth-order valence-electron chi connectivity index (χ4n) is 4.26. The molecule has 2 fully saturated rings. The van der Waals surface area contributed by atoms with E-state index in [1.54, 1.807) is 4.90 Å². The van der Waals surface area contributed by atoms with Crippen LogP contribution < -0.4 is 4.90 Å². The van der Waals surface area contributed by atoms with Gasteiger partial charge in [0.2, 0.25) is 11.8 Å². The number of carbonyl (C=O) groups is 2. The van der Waals surface area contributed by atoms with Gasteiger partial charge in [-0.25, -0.2) is 0 Å². The minimum atomic E-state index is 0.0204. The predicted molar refractivity (Wildman–Crippen MR) is 104 cm³/mol. The molecule has 2 aliphatic rings. The molecule has 1 atom stereocenters. The highest BCUT2D eigenvalue weighted by atomic mass is 16.2. The summed E-state index contributed by atoms with van der Waals surface area (Å²) in [5.74, 6) is 0.767. The van der Waals surface area contributed by atoms with Crippen molar-refractivity contribution >= 4 is 17.5 Å². The normalized spacial score (nSPS) is 22.0. The quantitative estimate of drug-likeness (QED) is 0.832. The third-order valence-electron chi connectivity index (χ3n) is 5.58. The van der Waals surface area contributed by atoms with Gasteiger partial charge < -0.3 is 14.7 Å². The molecule has 2 amide bonds. The summed E-state index contributed by atoms with van der Waals surface area (Å²) in [6, 6.07) is 6.19. The molecule has 1 aromatic rings. The van der Waals surface area contributed by atoms with Crippen LogP contribution in [0.3, 0.4) is 0 Å². The van der Waals surface area contributed by atoms with Crippen molar-refractivity contribution in [2.45, 2.75) is 39.5 Å². The van der Waals surface area contributed by atoms with Crippen LogP contribution in [-0.2, 0) is 9.59 Å². The Kier molecular flexibility index (Phi) is 5.97. The Labute approximate surface area is 156 Å². The van der Waals surface area contributed by atoms with Gasteiger partial charge in [0.1, 0.15) is 6.54 Å². The number of hydrogen-bond donors (Lipinski definition) is 0. The van der Waals surface area contributed by atoms with Crippen molar-refractivity contribution in [3.05, 3.63) is 29.3 Å². The molecule has 0 radical (unpaired) electrons. The van der Waals surface area contributed by atoms with Crippen molar-refractivity contribution in [2.24, 2.45) is 5.92 Å². The van der Waals surface area contributed by atoms with Gasteiger partial charge in [0.15, 0.2) is 0 Å². The fraction of sp³-hybridized carbons (Fsp3) is 0.619. The highest BCUT2D eigenvalue weighted by Gasteiger charge is 2.28. The van der Waals surface area contributed by atoms with Gasteiger partial charge in [-0.2, -0.15) is 0 Å². The number of carbonyl (C=O) groups excluding carboxylic acids is 2. The maximum atomic E-state index is 12.6. The van der Waals surface area contributed by atoms with Crippen LogP contribution in [0.5, 0.6) is 0 Å². The molecule has 2 heterocycles. The van der Waals surface area contributed by atoms with Crippen LogP contribution in [0.15, 0.2) is 18.2 Å². The number of rotatable bonds is 4. The van der Waals surface area contributed by atoms with Gasteiger partial charge in [0.05, 0.1) is 0 Å². The molecule has 26 heavy (non-hydrogen) atoms. The summed E-state index contributed by atoms with van der Waals surface area (Å²) in [6.07, 6.45) is 3.95. The summed E-state index contributed by atoms with van der Waals surface area (Å²) >= 11 is 0. The van der Waals surface area contributed by atoms with Gasteiger partial charge in [-0.1, -0.05) is 6.07 Å². The molecule has 3 rings (SSSR count). The fourth-order valence-corrected chi connectivity index (χ4v) is 4.26. The van der Waals surface area contributed by atoms with E-state index in [2.05, 4.69) is 18.0 Å². The average Bonchev–Trinajstić information content (AvgIpc) is 2.58. The van der Waals surface area contributed by atoms with E-state index in [0.29, 0.717) is 25.4 Å². The van der Waals surface area contributed by atoms with Crippen LogP contribution in [0, 0.1) is 19.8 Å². The molecule has 2 aliphatic heterocycles. The first-order chi connectivity index (χ1) is 12.4. The number of piperazine rings is 1. The Morgan fingerprint density at radius 1 is 1.12 bits per heavy atom. The van der Waals surface area contributed by atoms with Crippen molar-refractivity contribution in [2.75, 3.05) is 44.7 Å². The Morgan fingerprint density at radius 2 is 1.85 bits per heavy atom. The molecular formula is C21H31N3O2. The van der Waals surface area contributed by atoms with E-state index < -0.39 is 0 Å². The van der Waals surface area contributed by atoms with Crippen molar-refractivity contribution in [3.8, 4) is 0 Å². The molecule has 1 aromatic carbocycles. The van der Waals surface area contributed by atoms with E-state index >= 15 is 0 Å². The standard InChI is InChI=1S/C21H31N3O2/c1-16-11-17(2)13-19(12-16)24-10-9-23(15-21(24)26)20(25)7-6-18-5-4-8-22(3)14-18/h11-13,18H,4-10,14-15H2,1-3H3/t18-/m1/s1. The molecule has 0 aliphatic carbocycles. The maximum absolute atomic E-state index is 12.6. The van der Waals surface area contributed by atoms with Gasteiger partial charge in [-0.05, 0) is 75.9 Å². The molecular weight excluding hydrogens is 326 g/mol. The zero-order valence-corrected chi connectivity index (χ0v) is 16.3. The second-order valence-electron chi connectivity index (χ2n) is 8.02. The van der Waals surface area contributed by atoms with E-state index in [1.165, 1.54) is 19.4 Å². The Morgan fingerprint density at radius 3 is 2.50 bits per heavy atom. The van der Waals surface area contributed by atoms with Crippen LogP contribution >= 0.6 is 0 Å². The molecule has 5 nitrogen and oxygen atoms in total. The number of likely N-dealkylation sites (tertiary alicyclic amines) is 1. The van der Waals surface area contributed by atoms with Gasteiger partial charge in [-0.15, -0.1) is 0 Å². The Balaban J connectivity index is 1.53. The lowest BCUT2D eigenvalue weighted by molar-refractivity contribution is -0.137. The van der Waals surface area contributed by atoms with Gasteiger partial charge in [0, 0.05) is 31.7 Å². The van der Waals surface area contributed by atoms with Crippen molar-refractivity contribution < 1.29 is 9.59 Å². The number of amides is 2. The van der Waals surface area contributed by atoms with Crippen LogP contribution in [0.25, 0.3) is 0 Å². The number of hydrogen-bond acceptors (Lipinski definition) is 3. The largest absolute Gasteiger partial charge is 0.332 e. The smallest absolute Gasteiger partial charge is 0.246 e. The monoisotopic (exact) mass is 357 g/mol. The first-order valence-corrected chi connectivity index (χ1v) is 9.77. The van der Waals surface area contributed by atoms with Crippen LogP contribution in [0.4, 0.5) is 5.69 Å². The van der Waals surface area contributed by atoms with E-state index in [-0.39, 0.29) is 18.4 Å². The predicted octanol–water partition coefficient (Wildman–Crippen LogP) is 2.60. The van der Waals surface area contributed by atoms with E-state index in [4.69, 9.17) is 0 Å². The molecule has 142 valence electrons. The topological polar surface area (TPSA) is 43.9 Å². The Hall–Kier alpha value is -1.88. The van der Waals surface area contributed by atoms with Gasteiger partial charge in [0.25, 0.3) is 0 Å². The first-order valence-electron chi connectivity index (χ1n) is 9.77. The molecule has 0 N–H and O–H groups in total. The maximum Gasteiger partial charge on any atom is 0.246 e. The molecule has 5 heteroatoms. The van der Waals surface area contributed by atoms with E-state index in [0.717, 1.165) is 29.8 Å². The van der Waals surface area contributed by atoms with Crippen molar-refractivity contribution in [3.63, 3.8) is 0 Å². The summed E-state index contributed by atoms with van der Waals surface area (Å²) in [5.41, 5.74) is 3.26. The molecule has 0 bridgehead atoms. The zero-order chi connectivity index (χ0) is 18.7. The van der Waals surface area contributed by atoms with Gasteiger partial charge >= 0.3 is 0 Å². The Bertz CT molecular complexity index is 653. The molecule has 0 aromatic heterocycles. The highest BCUT2D eigenvalue weighted by molar-refractivity contribution is 5.98. The SMILES string of the molecule is Cc1cc(C)cc(N2CCN(C(=O)CC[C@H]3CCCN(C)C3)CC2=O)c1. The summed E-state index contributed by atoms with van der Waals surface area (Å²) < 4.78 is 0. The summed E-state index contributed by atoms with van der Waals surface area (Å²) in [6.45, 7) is 7.76. The third-order valence-corrected chi connectivity index (χ3v) is 5.58. The second-order valence-corrected chi connectivity index (χ2v) is 8.02. The molecule has 0 spiro atoms. The number of benzene rings is 1. The lowest BCUT2D eigenvalue weighted by atomic mass is 9.93. The van der Waals surface area contributed by atoms with Crippen molar-refractivity contribution in [1.82, 2.24) is 9.80 Å². The average molecular weight is 357 g/mol. The number of aryl methyl sites for hydroxylation is 2. The first kappa shape index (κ1) is 18.9. The molecule has 0 saturated carbocycles. The highest BCUT2D eigenvalue weighted by Crippen LogP contribution is 2.23. The number of piperidine rings is 1. The minimum absolute atomic E-state index is 0.0204.